The molecule has 21 heavy (non-hydrogen) atoms. The number of benzene rings is 2. The molecule has 2 aromatic carbocycles. The molecule has 3 nitrogen and oxygen atoms in total. The van der Waals surface area contributed by atoms with E-state index in [1.807, 2.05) is 12.1 Å². The van der Waals surface area contributed by atoms with E-state index in [0.717, 1.165) is 35.2 Å². The van der Waals surface area contributed by atoms with Gasteiger partial charge in [0.1, 0.15) is 5.84 Å². The molecule has 3 rings (SSSR count). The lowest BCUT2D eigenvalue weighted by Crippen LogP contribution is -2.24. The molecule has 108 valence electrons. The summed E-state index contributed by atoms with van der Waals surface area (Å²) in [5.74, 6) is 0.672. The molecule has 1 fully saturated rings. The summed E-state index contributed by atoms with van der Waals surface area (Å²) in [6, 6.07) is 16.5. The lowest BCUT2D eigenvalue weighted by atomic mass is 9.99. The molecule has 1 atom stereocenters. The zero-order valence-electron chi connectivity index (χ0n) is 11.7. The molecule has 1 saturated heterocycles. The minimum atomic E-state index is 0.126. The maximum absolute atomic E-state index is 7.76. The summed E-state index contributed by atoms with van der Waals surface area (Å²) in [4.78, 5) is 2.33. The molecule has 0 amide bonds. The Hall–Kier alpha value is -1.81. The van der Waals surface area contributed by atoms with Crippen molar-refractivity contribution >= 4 is 27.5 Å². The van der Waals surface area contributed by atoms with Crippen molar-refractivity contribution in [3.63, 3.8) is 0 Å². The Morgan fingerprint density at radius 1 is 1.19 bits per heavy atom. The highest BCUT2D eigenvalue weighted by Crippen LogP contribution is 2.33. The number of amidine groups is 1. The number of nitrogen functional groups attached to an aromatic ring is 1. The maximum atomic E-state index is 7.76. The standard InChI is InChI=1S/C17H18BrN3/c18-14-6-7-15(17(19)20)16(10-14)21-9-8-13(11-21)12-4-2-1-3-5-12/h1-7,10,13H,8-9,11H2,(H3,19,20). The van der Waals surface area contributed by atoms with Crippen LogP contribution >= 0.6 is 15.9 Å². The largest absolute Gasteiger partial charge is 0.384 e. The molecule has 4 heteroatoms. The fourth-order valence-electron chi connectivity index (χ4n) is 2.97. The second kappa shape index (κ2) is 5.90. The zero-order chi connectivity index (χ0) is 14.8. The number of hydrogen-bond acceptors (Lipinski definition) is 2. The number of rotatable bonds is 3. The van der Waals surface area contributed by atoms with Crippen LogP contribution in [-0.4, -0.2) is 18.9 Å². The molecule has 1 aliphatic rings. The van der Waals surface area contributed by atoms with E-state index in [4.69, 9.17) is 11.1 Å². The van der Waals surface area contributed by atoms with Gasteiger partial charge in [-0.15, -0.1) is 0 Å². The fourth-order valence-corrected chi connectivity index (χ4v) is 3.32. The van der Waals surface area contributed by atoms with E-state index < -0.39 is 0 Å². The third kappa shape index (κ3) is 2.95. The van der Waals surface area contributed by atoms with Gasteiger partial charge in [0.25, 0.3) is 0 Å². The Bertz CT molecular complexity index is 654. The topological polar surface area (TPSA) is 53.1 Å². The Labute approximate surface area is 133 Å². The Morgan fingerprint density at radius 3 is 2.67 bits per heavy atom. The monoisotopic (exact) mass is 343 g/mol. The normalized spacial score (nSPS) is 18.0. The van der Waals surface area contributed by atoms with Gasteiger partial charge < -0.3 is 10.6 Å². The number of nitrogens with two attached hydrogens (primary N) is 1. The smallest absolute Gasteiger partial charge is 0.124 e. The highest BCUT2D eigenvalue weighted by atomic mass is 79.9. The van der Waals surface area contributed by atoms with Crippen molar-refractivity contribution in [1.29, 1.82) is 5.41 Å². The molecular formula is C17H18BrN3. The van der Waals surface area contributed by atoms with Crippen LogP contribution in [0.1, 0.15) is 23.5 Å². The highest BCUT2D eigenvalue weighted by Gasteiger charge is 2.25. The molecule has 0 spiro atoms. The number of nitrogens with one attached hydrogen (secondary N) is 1. The van der Waals surface area contributed by atoms with Gasteiger partial charge in [-0.05, 0) is 30.2 Å². The summed E-state index contributed by atoms with van der Waals surface area (Å²) >= 11 is 3.51. The quantitative estimate of drug-likeness (QED) is 0.659. The van der Waals surface area contributed by atoms with Crippen molar-refractivity contribution in [1.82, 2.24) is 0 Å². The molecular weight excluding hydrogens is 326 g/mol. The van der Waals surface area contributed by atoms with Crippen molar-refractivity contribution < 1.29 is 0 Å². The van der Waals surface area contributed by atoms with Crippen molar-refractivity contribution in [2.75, 3.05) is 18.0 Å². The first-order valence-electron chi connectivity index (χ1n) is 7.09. The van der Waals surface area contributed by atoms with Gasteiger partial charge in [-0.25, -0.2) is 0 Å². The van der Waals surface area contributed by atoms with Gasteiger partial charge in [0.15, 0.2) is 0 Å². The summed E-state index contributed by atoms with van der Waals surface area (Å²) < 4.78 is 1.02. The van der Waals surface area contributed by atoms with Gasteiger partial charge in [-0.2, -0.15) is 0 Å². The Balaban J connectivity index is 1.86. The summed E-state index contributed by atoms with van der Waals surface area (Å²) in [6.45, 7) is 1.97. The molecule has 1 aliphatic heterocycles. The molecule has 1 unspecified atom stereocenters. The van der Waals surface area contributed by atoms with Crippen LogP contribution < -0.4 is 10.6 Å². The number of anilines is 1. The van der Waals surface area contributed by atoms with Gasteiger partial charge in [-0.1, -0.05) is 46.3 Å². The first kappa shape index (κ1) is 14.1. The predicted octanol–water partition coefficient (Wildman–Crippen LogP) is 3.73. The average Bonchev–Trinajstić information content (AvgIpc) is 2.97. The van der Waals surface area contributed by atoms with Crippen molar-refractivity contribution in [3.05, 3.63) is 64.1 Å². The third-order valence-corrected chi connectivity index (χ3v) is 4.54. The summed E-state index contributed by atoms with van der Waals surface area (Å²) in [5.41, 5.74) is 8.97. The molecule has 3 N–H and O–H groups in total. The molecule has 1 heterocycles. The summed E-state index contributed by atoms with van der Waals surface area (Å²) in [6.07, 6.45) is 1.13. The maximum Gasteiger partial charge on any atom is 0.124 e. The van der Waals surface area contributed by atoms with Crippen molar-refractivity contribution in [2.24, 2.45) is 5.73 Å². The van der Waals surface area contributed by atoms with Crippen LogP contribution in [0.3, 0.4) is 0 Å². The lowest BCUT2D eigenvalue weighted by molar-refractivity contribution is 0.775. The van der Waals surface area contributed by atoms with Gasteiger partial charge in [-0.3, -0.25) is 5.41 Å². The Morgan fingerprint density at radius 2 is 1.95 bits per heavy atom. The molecule has 0 bridgehead atoms. The second-order valence-electron chi connectivity index (χ2n) is 5.42. The zero-order valence-corrected chi connectivity index (χ0v) is 13.3. The van der Waals surface area contributed by atoms with E-state index in [9.17, 15) is 0 Å². The minimum Gasteiger partial charge on any atom is -0.384 e. The van der Waals surface area contributed by atoms with Gasteiger partial charge in [0.2, 0.25) is 0 Å². The highest BCUT2D eigenvalue weighted by molar-refractivity contribution is 9.10. The van der Waals surface area contributed by atoms with Crippen LogP contribution in [-0.2, 0) is 0 Å². The minimum absolute atomic E-state index is 0.126. The summed E-state index contributed by atoms with van der Waals surface area (Å²) in [5, 5.41) is 7.76. The number of nitrogens with zero attached hydrogens (tertiary/aromatic N) is 1. The number of halogens is 1. The van der Waals surface area contributed by atoms with Crippen molar-refractivity contribution in [3.8, 4) is 0 Å². The third-order valence-electron chi connectivity index (χ3n) is 4.05. The van der Waals surface area contributed by atoms with E-state index in [0.29, 0.717) is 5.92 Å². The Kier molecular flexibility index (Phi) is 3.97. The summed E-state index contributed by atoms with van der Waals surface area (Å²) in [7, 11) is 0. The van der Waals surface area contributed by atoms with Crippen LogP contribution in [0.25, 0.3) is 0 Å². The first-order chi connectivity index (χ1) is 10.1. The van der Waals surface area contributed by atoms with E-state index >= 15 is 0 Å². The van der Waals surface area contributed by atoms with Crippen LogP contribution in [0.4, 0.5) is 5.69 Å². The van der Waals surface area contributed by atoms with Gasteiger partial charge in [0, 0.05) is 34.7 Å². The van der Waals surface area contributed by atoms with Crippen LogP contribution in [0.5, 0.6) is 0 Å². The molecule has 0 aromatic heterocycles. The van der Waals surface area contributed by atoms with E-state index in [2.05, 4.69) is 57.2 Å². The van der Waals surface area contributed by atoms with E-state index in [1.165, 1.54) is 5.56 Å². The van der Waals surface area contributed by atoms with Crippen LogP contribution in [0.15, 0.2) is 53.0 Å². The van der Waals surface area contributed by atoms with Crippen molar-refractivity contribution in [2.45, 2.75) is 12.3 Å². The SMILES string of the molecule is N=C(N)c1ccc(Br)cc1N1CCC(c2ccccc2)C1. The average molecular weight is 344 g/mol. The van der Waals surface area contributed by atoms with Gasteiger partial charge in [0.05, 0.1) is 0 Å². The molecule has 2 aromatic rings. The number of hydrogen-bond donors (Lipinski definition) is 2. The fraction of sp³-hybridized carbons (Fsp3) is 0.235. The second-order valence-corrected chi connectivity index (χ2v) is 6.33. The molecule has 0 radical (unpaired) electrons. The van der Waals surface area contributed by atoms with E-state index in [-0.39, 0.29) is 5.84 Å². The molecule has 0 saturated carbocycles. The first-order valence-corrected chi connectivity index (χ1v) is 7.88. The van der Waals surface area contributed by atoms with Crippen LogP contribution in [0.2, 0.25) is 0 Å². The van der Waals surface area contributed by atoms with E-state index in [1.54, 1.807) is 0 Å². The predicted molar refractivity (Wildman–Crippen MR) is 91.2 cm³/mol. The van der Waals surface area contributed by atoms with Crippen LogP contribution in [0, 0.1) is 5.41 Å². The lowest BCUT2D eigenvalue weighted by Gasteiger charge is -2.22. The van der Waals surface area contributed by atoms with Gasteiger partial charge >= 0.3 is 0 Å². The molecule has 0 aliphatic carbocycles.